The summed E-state index contributed by atoms with van der Waals surface area (Å²) in [7, 11) is 0. The second-order valence-corrected chi connectivity index (χ2v) is 7.46. The lowest BCUT2D eigenvalue weighted by atomic mass is 9.97. The summed E-state index contributed by atoms with van der Waals surface area (Å²) in [5.74, 6) is -0.202. The Morgan fingerprint density at radius 3 is 2.45 bits per heavy atom. The van der Waals surface area contributed by atoms with Gasteiger partial charge in [-0.3, -0.25) is 19.3 Å². The molecule has 3 aromatic rings. The molecule has 1 aromatic heterocycles. The van der Waals surface area contributed by atoms with Gasteiger partial charge in [-0.25, -0.2) is 0 Å². The lowest BCUT2D eigenvalue weighted by molar-refractivity contribution is 0.0701. The zero-order chi connectivity index (χ0) is 23.4. The number of ether oxygens (including phenoxy) is 1. The number of carbonyl (C=O) groups excluding carboxylic acids is 1. The van der Waals surface area contributed by atoms with Crippen molar-refractivity contribution in [1.82, 2.24) is 9.58 Å². The normalized spacial score (nSPS) is 18.0. The number of aromatic nitrogens is 1. The summed E-state index contributed by atoms with van der Waals surface area (Å²) >= 11 is 0. The summed E-state index contributed by atoms with van der Waals surface area (Å²) < 4.78 is 7.64. The van der Waals surface area contributed by atoms with Crippen molar-refractivity contribution in [3.8, 4) is 11.5 Å². The molecule has 7 nitrogen and oxygen atoms in total. The van der Waals surface area contributed by atoms with Gasteiger partial charge in [-0.1, -0.05) is 68.5 Å². The van der Waals surface area contributed by atoms with Crippen molar-refractivity contribution in [2.45, 2.75) is 19.9 Å². The van der Waals surface area contributed by atoms with E-state index in [9.17, 15) is 14.7 Å². The monoisotopic (exact) mass is 445 g/mol. The lowest BCUT2D eigenvalue weighted by Gasteiger charge is -2.43. The molecule has 0 radical (unpaired) electrons. The van der Waals surface area contributed by atoms with Crippen LogP contribution in [0.25, 0.3) is 0 Å². The molecule has 0 saturated carbocycles. The Kier molecular flexibility index (Phi) is 6.49. The van der Waals surface area contributed by atoms with Crippen molar-refractivity contribution in [3.63, 3.8) is 0 Å². The first-order valence-corrected chi connectivity index (χ1v) is 11.1. The highest BCUT2D eigenvalue weighted by Crippen LogP contribution is 2.36. The fraction of sp³-hybridized carbons (Fsp3) is 0.231. The van der Waals surface area contributed by atoms with Crippen LogP contribution in [-0.2, 0) is 0 Å². The van der Waals surface area contributed by atoms with Crippen molar-refractivity contribution >= 4 is 5.91 Å². The first-order valence-electron chi connectivity index (χ1n) is 11.1. The standard InChI is InChI=1S/C24H21N3O4.C2H6/c28-19-12-14-26-22(23(19)29)24(30)25-13-6-7-15-31-20-11-5-4-10-18(20)21(27(26)16-25)17-8-2-1-3-9-17;1-2/h1-12,14,21,29H,13,15-16H2;1-2H3/b7-6+;. The molecular formula is C26H27N3O4. The maximum Gasteiger partial charge on any atom is 0.278 e. The number of pyridine rings is 1. The Balaban J connectivity index is 0.00000126. The third-order valence-corrected chi connectivity index (χ3v) is 5.59. The zero-order valence-corrected chi connectivity index (χ0v) is 18.7. The molecule has 33 heavy (non-hydrogen) atoms. The maximum absolute atomic E-state index is 13.2. The number of para-hydroxylation sites is 1. The van der Waals surface area contributed by atoms with Crippen LogP contribution in [0, 0.1) is 0 Å². The molecular weight excluding hydrogens is 418 g/mol. The molecule has 1 unspecified atom stereocenters. The second-order valence-electron chi connectivity index (χ2n) is 7.46. The molecule has 2 aliphatic heterocycles. The Hall–Kier alpha value is -4.00. The maximum atomic E-state index is 13.2. The molecule has 1 N–H and O–H groups in total. The molecule has 0 aliphatic carbocycles. The molecule has 7 heteroatoms. The fourth-order valence-electron chi connectivity index (χ4n) is 4.13. The number of amides is 1. The number of aromatic hydroxyl groups is 1. The van der Waals surface area contributed by atoms with Gasteiger partial charge in [0, 0.05) is 24.4 Å². The first-order chi connectivity index (χ1) is 16.1. The smallest absolute Gasteiger partial charge is 0.278 e. The Labute approximate surface area is 192 Å². The van der Waals surface area contributed by atoms with E-state index < -0.39 is 17.1 Å². The van der Waals surface area contributed by atoms with Gasteiger partial charge in [0.05, 0.1) is 0 Å². The molecule has 2 aliphatic rings. The minimum absolute atomic E-state index is 0.0364. The van der Waals surface area contributed by atoms with Gasteiger partial charge in [-0.15, -0.1) is 0 Å². The predicted octanol–water partition coefficient (Wildman–Crippen LogP) is 3.67. The topological polar surface area (TPSA) is 75.0 Å². The van der Waals surface area contributed by atoms with E-state index in [1.807, 2.05) is 85.6 Å². The quantitative estimate of drug-likeness (QED) is 0.579. The van der Waals surface area contributed by atoms with E-state index in [1.54, 1.807) is 15.8 Å². The minimum Gasteiger partial charge on any atom is -0.502 e. The van der Waals surface area contributed by atoms with Gasteiger partial charge >= 0.3 is 0 Å². The summed E-state index contributed by atoms with van der Waals surface area (Å²) in [6, 6.07) is 18.6. The van der Waals surface area contributed by atoms with Crippen molar-refractivity contribution in [2.24, 2.45) is 0 Å². The summed E-state index contributed by atoms with van der Waals surface area (Å²) in [6.45, 7) is 4.97. The van der Waals surface area contributed by atoms with Crippen molar-refractivity contribution in [3.05, 3.63) is 106 Å². The van der Waals surface area contributed by atoms with Crippen LogP contribution < -0.4 is 15.2 Å². The summed E-state index contributed by atoms with van der Waals surface area (Å²) in [5.41, 5.74) is 1.29. The van der Waals surface area contributed by atoms with Crippen LogP contribution in [0.4, 0.5) is 0 Å². The third-order valence-electron chi connectivity index (χ3n) is 5.59. The van der Waals surface area contributed by atoms with E-state index in [-0.39, 0.29) is 18.4 Å². The van der Waals surface area contributed by atoms with Crippen molar-refractivity contribution in [1.29, 1.82) is 0 Å². The van der Waals surface area contributed by atoms with Crippen LogP contribution >= 0.6 is 0 Å². The number of carbonyl (C=O) groups is 1. The molecule has 5 rings (SSSR count). The Morgan fingerprint density at radius 1 is 0.939 bits per heavy atom. The fourth-order valence-corrected chi connectivity index (χ4v) is 4.13. The molecule has 2 aromatic carbocycles. The van der Waals surface area contributed by atoms with Crippen LogP contribution in [0.1, 0.15) is 41.5 Å². The minimum atomic E-state index is -0.582. The summed E-state index contributed by atoms with van der Waals surface area (Å²) in [4.78, 5) is 26.9. The second kappa shape index (κ2) is 9.65. The Morgan fingerprint density at radius 2 is 1.67 bits per heavy atom. The van der Waals surface area contributed by atoms with Gasteiger partial charge in [-0.2, -0.15) is 0 Å². The number of hydrogen-bond donors (Lipinski definition) is 1. The largest absolute Gasteiger partial charge is 0.502 e. The van der Waals surface area contributed by atoms with Gasteiger partial charge in [-0.05, 0) is 17.7 Å². The van der Waals surface area contributed by atoms with Crippen LogP contribution in [0.5, 0.6) is 11.5 Å². The number of nitrogens with zero attached hydrogens (tertiary/aromatic N) is 3. The number of rotatable bonds is 1. The highest BCUT2D eigenvalue weighted by atomic mass is 16.5. The molecule has 0 spiro atoms. The van der Waals surface area contributed by atoms with Crippen LogP contribution in [-0.4, -0.2) is 40.4 Å². The molecule has 170 valence electrons. The highest BCUT2D eigenvalue weighted by Gasteiger charge is 2.37. The first kappa shape index (κ1) is 22.2. The lowest BCUT2D eigenvalue weighted by Crippen LogP contribution is -2.55. The van der Waals surface area contributed by atoms with E-state index in [0.29, 0.717) is 13.2 Å². The Bertz CT molecular complexity index is 1220. The van der Waals surface area contributed by atoms with E-state index in [4.69, 9.17) is 4.74 Å². The van der Waals surface area contributed by atoms with Gasteiger partial charge < -0.3 is 14.7 Å². The summed E-state index contributed by atoms with van der Waals surface area (Å²) in [5, 5.41) is 12.5. The molecule has 0 saturated heterocycles. The van der Waals surface area contributed by atoms with E-state index in [0.717, 1.165) is 16.9 Å². The van der Waals surface area contributed by atoms with Crippen LogP contribution in [0.15, 0.2) is 83.8 Å². The van der Waals surface area contributed by atoms with Crippen LogP contribution in [0.3, 0.4) is 0 Å². The number of fused-ring (bicyclic) bond motifs is 5. The highest BCUT2D eigenvalue weighted by molar-refractivity contribution is 5.96. The van der Waals surface area contributed by atoms with Crippen LogP contribution in [0.2, 0.25) is 0 Å². The van der Waals surface area contributed by atoms with E-state index >= 15 is 0 Å². The van der Waals surface area contributed by atoms with Crippen molar-refractivity contribution < 1.29 is 14.6 Å². The third kappa shape index (κ3) is 4.09. The summed E-state index contributed by atoms with van der Waals surface area (Å²) in [6.07, 6.45) is 5.26. The number of hydrogen-bond acceptors (Lipinski definition) is 5. The molecule has 1 amide bonds. The van der Waals surface area contributed by atoms with E-state index in [2.05, 4.69) is 0 Å². The van der Waals surface area contributed by atoms with Gasteiger partial charge in [0.1, 0.15) is 25.1 Å². The van der Waals surface area contributed by atoms with Gasteiger partial charge in [0.15, 0.2) is 11.4 Å². The average molecular weight is 446 g/mol. The van der Waals surface area contributed by atoms with Crippen molar-refractivity contribution in [2.75, 3.05) is 24.8 Å². The van der Waals surface area contributed by atoms with E-state index in [1.165, 1.54) is 6.07 Å². The number of benzene rings is 2. The van der Waals surface area contributed by atoms with Gasteiger partial charge in [0.2, 0.25) is 5.43 Å². The SMILES string of the molecule is CC.O=C1c2c(O)c(=O)ccn2N2CN1C/C=C/COc1ccccc1C2c1ccccc1. The zero-order valence-electron chi connectivity index (χ0n) is 18.7. The average Bonchev–Trinajstić information content (AvgIpc) is 2.88. The molecule has 0 fully saturated rings. The molecule has 1 atom stereocenters. The van der Waals surface area contributed by atoms with Gasteiger partial charge in [0.25, 0.3) is 5.91 Å². The molecule has 2 bridgehead atoms. The predicted molar refractivity (Wildman–Crippen MR) is 127 cm³/mol. The molecule has 3 heterocycles.